The van der Waals surface area contributed by atoms with Gasteiger partial charge in [0.2, 0.25) is 0 Å². The molecule has 0 aliphatic heterocycles. The zero-order chi connectivity index (χ0) is 17.7. The molecule has 0 saturated carbocycles. The van der Waals surface area contributed by atoms with Crippen LogP contribution in [0.3, 0.4) is 0 Å². The van der Waals surface area contributed by atoms with E-state index < -0.39 is 0 Å². The summed E-state index contributed by atoms with van der Waals surface area (Å²) in [7, 11) is 0. The molecule has 0 amide bonds. The molecule has 0 bridgehead atoms. The lowest BCUT2D eigenvalue weighted by Gasteiger charge is -2.11. The standard InChI is InChI=1S/C22H20Br2O/c1-12-5-16-9-14(10-21(24)17(16)6-12)3-4-15-11-18-19(22(15)25)7-13(2)8-20(18)23/h5,7-10,15H,3-4,6,11H2,1-2H3. The minimum Gasteiger partial charge on any atom is -0.294 e. The van der Waals surface area contributed by atoms with Gasteiger partial charge in [-0.1, -0.05) is 49.6 Å². The Labute approximate surface area is 165 Å². The van der Waals surface area contributed by atoms with Crippen LogP contribution in [0.1, 0.15) is 51.5 Å². The van der Waals surface area contributed by atoms with E-state index in [0.717, 1.165) is 41.3 Å². The minimum atomic E-state index is 0.109. The van der Waals surface area contributed by atoms with E-state index in [1.165, 1.54) is 32.3 Å². The zero-order valence-electron chi connectivity index (χ0n) is 14.5. The molecule has 1 unspecified atom stereocenters. The smallest absolute Gasteiger partial charge is 0.166 e. The Morgan fingerprint density at radius 2 is 1.80 bits per heavy atom. The van der Waals surface area contributed by atoms with Crippen LogP contribution in [0.5, 0.6) is 0 Å². The Kier molecular flexibility index (Phi) is 4.49. The first-order valence-corrected chi connectivity index (χ1v) is 10.3. The maximum Gasteiger partial charge on any atom is 0.166 e. The van der Waals surface area contributed by atoms with E-state index in [1.807, 2.05) is 13.0 Å². The van der Waals surface area contributed by atoms with Crippen molar-refractivity contribution in [3.05, 3.63) is 72.2 Å². The monoisotopic (exact) mass is 458 g/mol. The van der Waals surface area contributed by atoms with Gasteiger partial charge in [-0.2, -0.15) is 0 Å². The van der Waals surface area contributed by atoms with E-state index in [-0.39, 0.29) is 5.92 Å². The molecule has 0 heterocycles. The summed E-state index contributed by atoms with van der Waals surface area (Å²) in [6.07, 6.45) is 6.03. The fraction of sp³-hybridized carbons (Fsp3) is 0.318. The Bertz CT molecular complexity index is 924. The van der Waals surface area contributed by atoms with Crippen LogP contribution in [0.15, 0.2) is 38.8 Å². The van der Waals surface area contributed by atoms with Gasteiger partial charge in [-0.05, 0) is 85.5 Å². The molecule has 0 N–H and O–H groups in total. The molecule has 2 aliphatic rings. The van der Waals surface area contributed by atoms with Crippen LogP contribution in [0.4, 0.5) is 0 Å². The second kappa shape index (κ2) is 6.51. The predicted octanol–water partition coefficient (Wildman–Crippen LogP) is 6.47. The number of fused-ring (bicyclic) bond motifs is 2. The molecule has 128 valence electrons. The van der Waals surface area contributed by atoms with Gasteiger partial charge in [-0.3, -0.25) is 4.79 Å². The molecule has 4 rings (SSSR count). The topological polar surface area (TPSA) is 17.1 Å². The van der Waals surface area contributed by atoms with Gasteiger partial charge in [0.1, 0.15) is 0 Å². The van der Waals surface area contributed by atoms with Crippen LogP contribution in [-0.2, 0) is 19.3 Å². The molecule has 0 spiro atoms. The summed E-state index contributed by atoms with van der Waals surface area (Å²) in [4.78, 5) is 12.8. The van der Waals surface area contributed by atoms with E-state index >= 15 is 0 Å². The second-order valence-corrected chi connectivity index (χ2v) is 9.10. The van der Waals surface area contributed by atoms with Gasteiger partial charge in [0.25, 0.3) is 0 Å². The molecule has 1 atom stereocenters. The van der Waals surface area contributed by atoms with Gasteiger partial charge in [0.15, 0.2) is 5.78 Å². The largest absolute Gasteiger partial charge is 0.294 e. The molecule has 3 heteroatoms. The van der Waals surface area contributed by atoms with E-state index in [9.17, 15) is 4.79 Å². The van der Waals surface area contributed by atoms with Crippen molar-refractivity contribution in [2.24, 2.45) is 5.92 Å². The van der Waals surface area contributed by atoms with Crippen LogP contribution in [0.2, 0.25) is 0 Å². The Hall–Kier alpha value is -1.19. The van der Waals surface area contributed by atoms with Gasteiger partial charge < -0.3 is 0 Å². The highest BCUT2D eigenvalue weighted by molar-refractivity contribution is 9.10. The SMILES string of the molecule is CC1=Cc2cc(CCC3Cc4c(Br)cc(C)cc4C3=O)cc(Br)c2C1. The van der Waals surface area contributed by atoms with Crippen molar-refractivity contribution >= 4 is 43.7 Å². The van der Waals surface area contributed by atoms with E-state index in [2.05, 4.69) is 63.1 Å². The Morgan fingerprint density at radius 1 is 1.04 bits per heavy atom. The summed E-state index contributed by atoms with van der Waals surface area (Å²) < 4.78 is 2.28. The van der Waals surface area contributed by atoms with Crippen molar-refractivity contribution < 1.29 is 4.79 Å². The molecule has 25 heavy (non-hydrogen) atoms. The van der Waals surface area contributed by atoms with Gasteiger partial charge >= 0.3 is 0 Å². The lowest BCUT2D eigenvalue weighted by molar-refractivity contribution is 0.0931. The molecular weight excluding hydrogens is 440 g/mol. The molecule has 0 aromatic heterocycles. The van der Waals surface area contributed by atoms with Crippen molar-refractivity contribution in [1.29, 1.82) is 0 Å². The average molecular weight is 460 g/mol. The van der Waals surface area contributed by atoms with Crippen molar-refractivity contribution in [2.75, 3.05) is 0 Å². The molecule has 1 nitrogen and oxygen atoms in total. The first-order chi connectivity index (χ1) is 11.9. The molecule has 0 radical (unpaired) electrons. The summed E-state index contributed by atoms with van der Waals surface area (Å²) in [5, 5.41) is 0. The third kappa shape index (κ3) is 3.17. The van der Waals surface area contributed by atoms with Gasteiger partial charge in [-0.15, -0.1) is 0 Å². The number of Topliss-reactive ketones (excluding diaryl/α,β-unsaturated/α-hetero) is 1. The van der Waals surface area contributed by atoms with Crippen molar-refractivity contribution in [2.45, 2.75) is 39.5 Å². The first-order valence-electron chi connectivity index (χ1n) is 8.74. The van der Waals surface area contributed by atoms with Crippen LogP contribution >= 0.6 is 31.9 Å². The third-order valence-electron chi connectivity index (χ3n) is 5.36. The molecule has 0 fully saturated rings. The molecule has 0 saturated heterocycles. The van der Waals surface area contributed by atoms with E-state index in [1.54, 1.807) is 0 Å². The quantitative estimate of drug-likeness (QED) is 0.514. The highest BCUT2D eigenvalue weighted by Gasteiger charge is 2.31. The Balaban J connectivity index is 1.52. The molecule has 2 aromatic rings. The number of rotatable bonds is 3. The van der Waals surface area contributed by atoms with E-state index in [0.29, 0.717) is 5.78 Å². The van der Waals surface area contributed by atoms with Crippen LogP contribution < -0.4 is 0 Å². The first kappa shape index (κ1) is 17.2. The number of benzene rings is 2. The lowest BCUT2D eigenvalue weighted by Crippen LogP contribution is -2.10. The van der Waals surface area contributed by atoms with E-state index in [4.69, 9.17) is 0 Å². The fourth-order valence-electron chi connectivity index (χ4n) is 4.10. The highest BCUT2D eigenvalue weighted by Crippen LogP contribution is 2.37. The van der Waals surface area contributed by atoms with Gasteiger partial charge in [0.05, 0.1) is 0 Å². The maximum absolute atomic E-state index is 12.8. The average Bonchev–Trinajstić information content (AvgIpc) is 3.07. The zero-order valence-corrected chi connectivity index (χ0v) is 17.6. The lowest BCUT2D eigenvalue weighted by atomic mass is 9.94. The van der Waals surface area contributed by atoms with Crippen LogP contribution in [-0.4, -0.2) is 5.78 Å². The summed E-state index contributed by atoms with van der Waals surface area (Å²) >= 11 is 7.36. The predicted molar refractivity (Wildman–Crippen MR) is 110 cm³/mol. The Morgan fingerprint density at radius 3 is 2.60 bits per heavy atom. The molecule has 2 aromatic carbocycles. The normalized spacial score (nSPS) is 18.3. The number of aryl methyl sites for hydroxylation is 2. The fourth-order valence-corrected chi connectivity index (χ4v) is 5.50. The summed E-state index contributed by atoms with van der Waals surface area (Å²) in [5.74, 6) is 0.424. The number of carbonyl (C=O) groups excluding carboxylic acids is 1. The second-order valence-electron chi connectivity index (χ2n) is 7.39. The number of hydrogen-bond donors (Lipinski definition) is 0. The number of carbonyl (C=O) groups is 1. The summed E-state index contributed by atoms with van der Waals surface area (Å²) in [6, 6.07) is 8.68. The molecular formula is C22H20Br2O. The third-order valence-corrected chi connectivity index (χ3v) is 6.77. The minimum absolute atomic E-state index is 0.109. The molecule has 2 aliphatic carbocycles. The summed E-state index contributed by atoms with van der Waals surface area (Å²) in [6.45, 7) is 4.23. The maximum atomic E-state index is 12.8. The van der Waals surface area contributed by atoms with Gasteiger partial charge in [-0.25, -0.2) is 0 Å². The van der Waals surface area contributed by atoms with Crippen molar-refractivity contribution in [3.8, 4) is 0 Å². The number of hydrogen-bond acceptors (Lipinski definition) is 1. The van der Waals surface area contributed by atoms with Gasteiger partial charge in [0, 0.05) is 20.4 Å². The van der Waals surface area contributed by atoms with Crippen molar-refractivity contribution in [3.63, 3.8) is 0 Å². The van der Waals surface area contributed by atoms with Crippen LogP contribution in [0, 0.1) is 12.8 Å². The highest BCUT2D eigenvalue weighted by atomic mass is 79.9. The van der Waals surface area contributed by atoms with Crippen molar-refractivity contribution in [1.82, 2.24) is 0 Å². The number of ketones is 1. The summed E-state index contributed by atoms with van der Waals surface area (Å²) in [5.41, 5.74) is 8.71. The number of allylic oxidation sites excluding steroid dienone is 1. The van der Waals surface area contributed by atoms with Crippen LogP contribution in [0.25, 0.3) is 6.08 Å². The number of halogens is 2.